The van der Waals surface area contributed by atoms with Gasteiger partial charge in [0, 0.05) is 22.7 Å². The molecule has 1 aliphatic heterocycles. The van der Waals surface area contributed by atoms with Gasteiger partial charge in [0.05, 0.1) is 6.04 Å². The van der Waals surface area contributed by atoms with Crippen molar-refractivity contribution in [1.82, 2.24) is 0 Å². The fourth-order valence-corrected chi connectivity index (χ4v) is 3.33. The quantitative estimate of drug-likeness (QED) is 0.798. The Balaban J connectivity index is 1.95. The minimum Gasteiger partial charge on any atom is -0.320 e. The van der Waals surface area contributed by atoms with Crippen molar-refractivity contribution in [2.24, 2.45) is 5.73 Å². The number of carbonyl (C=O) groups is 1. The second-order valence-corrected chi connectivity index (χ2v) is 6.62. The van der Waals surface area contributed by atoms with Crippen LogP contribution in [0.3, 0.4) is 0 Å². The largest absolute Gasteiger partial charge is 0.320 e. The molecule has 1 amide bonds. The van der Waals surface area contributed by atoms with Gasteiger partial charge >= 0.3 is 0 Å². The van der Waals surface area contributed by atoms with Gasteiger partial charge in [0.25, 0.3) is 0 Å². The van der Waals surface area contributed by atoms with Crippen molar-refractivity contribution in [3.8, 4) is 0 Å². The molecule has 0 saturated carbocycles. The van der Waals surface area contributed by atoms with E-state index >= 15 is 0 Å². The highest BCUT2D eigenvalue weighted by Crippen LogP contribution is 2.30. The molecular weight excluding hydrogens is 375 g/mol. The van der Waals surface area contributed by atoms with Crippen LogP contribution in [0.15, 0.2) is 42.5 Å². The number of benzene rings is 2. The number of hydrogen-bond acceptors (Lipinski definition) is 2. The summed E-state index contributed by atoms with van der Waals surface area (Å²) in [6.45, 7) is 0. The molecule has 3 rings (SSSR count). The van der Waals surface area contributed by atoms with Crippen LogP contribution in [-0.4, -0.2) is 13.0 Å². The van der Waals surface area contributed by atoms with Crippen molar-refractivity contribution < 1.29 is 4.79 Å². The maximum absolute atomic E-state index is 11.7. The molecule has 21 heavy (non-hydrogen) atoms. The zero-order chi connectivity index (χ0) is 15.0. The van der Waals surface area contributed by atoms with Crippen LogP contribution in [0.25, 0.3) is 0 Å². The number of nitrogens with zero attached hydrogens (tertiary/aromatic N) is 1. The van der Waals surface area contributed by atoms with Gasteiger partial charge in [-0.25, -0.2) is 0 Å². The fourth-order valence-electron chi connectivity index (χ4n) is 2.76. The summed E-state index contributed by atoms with van der Waals surface area (Å²) in [5, 5.41) is 0. The molecule has 0 spiro atoms. The van der Waals surface area contributed by atoms with Crippen LogP contribution in [-0.2, 0) is 11.2 Å². The normalized spacial score (nSPS) is 15.8. The lowest BCUT2D eigenvalue weighted by Gasteiger charge is -2.27. The summed E-state index contributed by atoms with van der Waals surface area (Å²) in [5.74, 6) is 0.178. The number of anilines is 1. The van der Waals surface area contributed by atoms with E-state index in [0.29, 0.717) is 6.42 Å². The number of fused-ring (bicyclic) bond motifs is 1. The van der Waals surface area contributed by atoms with Crippen molar-refractivity contribution in [2.75, 3.05) is 11.9 Å². The van der Waals surface area contributed by atoms with Gasteiger partial charge in [-0.2, -0.15) is 0 Å². The Morgan fingerprint density at radius 1 is 1.14 bits per heavy atom. The molecule has 0 fully saturated rings. The van der Waals surface area contributed by atoms with E-state index in [9.17, 15) is 4.79 Å². The third-order valence-corrected chi connectivity index (χ3v) is 4.69. The molecule has 2 aromatic rings. The summed E-state index contributed by atoms with van der Waals surface area (Å²) in [5.41, 5.74) is 10.8. The van der Waals surface area contributed by atoms with E-state index in [4.69, 9.17) is 5.73 Å². The third-order valence-electron chi connectivity index (χ3n) is 4.01. The average Bonchev–Trinajstić information content (AvgIpc) is 2.50. The lowest BCUT2D eigenvalue weighted by molar-refractivity contribution is -0.118. The van der Waals surface area contributed by atoms with Crippen molar-refractivity contribution in [3.05, 3.63) is 62.7 Å². The smallest absolute Gasteiger partial charge is 0.227 e. The molecule has 0 radical (unpaired) electrons. The predicted molar refractivity (Wildman–Crippen MR) is 93.4 cm³/mol. The Morgan fingerprint density at radius 3 is 2.67 bits per heavy atom. The monoisotopic (exact) mass is 392 g/mol. The summed E-state index contributed by atoms with van der Waals surface area (Å²) in [4.78, 5) is 13.5. The van der Waals surface area contributed by atoms with Gasteiger partial charge in [0.2, 0.25) is 5.91 Å². The van der Waals surface area contributed by atoms with Crippen LogP contribution in [0, 0.1) is 3.57 Å². The molecule has 2 N–H and O–H groups in total. The number of aryl methyl sites for hydroxylation is 1. The summed E-state index contributed by atoms with van der Waals surface area (Å²) < 4.78 is 1.18. The molecule has 0 aromatic heterocycles. The topological polar surface area (TPSA) is 46.3 Å². The highest BCUT2D eigenvalue weighted by atomic mass is 127. The molecule has 1 atom stereocenters. The van der Waals surface area contributed by atoms with Gasteiger partial charge < -0.3 is 10.6 Å². The van der Waals surface area contributed by atoms with Gasteiger partial charge in [0.1, 0.15) is 0 Å². The Bertz CT molecular complexity index is 699. The average molecular weight is 392 g/mol. The maximum atomic E-state index is 11.7. The third kappa shape index (κ3) is 2.82. The first-order valence-electron chi connectivity index (χ1n) is 6.96. The van der Waals surface area contributed by atoms with Gasteiger partial charge in [-0.05, 0) is 63.9 Å². The molecule has 108 valence electrons. The lowest BCUT2D eigenvalue weighted by atomic mass is 9.94. The van der Waals surface area contributed by atoms with Crippen molar-refractivity contribution in [3.63, 3.8) is 0 Å². The van der Waals surface area contributed by atoms with E-state index in [1.807, 2.05) is 25.2 Å². The molecule has 0 bridgehead atoms. The van der Waals surface area contributed by atoms with Gasteiger partial charge in [-0.1, -0.05) is 24.3 Å². The number of nitrogens with two attached hydrogens (primary N) is 1. The summed E-state index contributed by atoms with van der Waals surface area (Å²) >= 11 is 2.30. The molecule has 1 unspecified atom stereocenters. The van der Waals surface area contributed by atoms with Crippen molar-refractivity contribution in [2.45, 2.75) is 18.9 Å². The molecule has 1 heterocycles. The maximum Gasteiger partial charge on any atom is 0.227 e. The van der Waals surface area contributed by atoms with E-state index in [2.05, 4.69) is 46.9 Å². The Kier molecular flexibility index (Phi) is 3.99. The fraction of sp³-hybridized carbons (Fsp3) is 0.235. The Labute approximate surface area is 138 Å². The molecule has 0 aliphatic carbocycles. The second kappa shape index (κ2) is 5.77. The standard InChI is InChI=1S/C17H17IN2O/c1-20-15-7-5-13(9-11(15)6-8-16(20)21)17(19)12-3-2-4-14(18)10-12/h2-5,7,9-10,17H,6,8,19H2,1H3. The first kappa shape index (κ1) is 14.5. The summed E-state index contributed by atoms with van der Waals surface area (Å²) in [6, 6.07) is 14.3. The first-order chi connectivity index (χ1) is 10.1. The van der Waals surface area contributed by atoms with E-state index in [-0.39, 0.29) is 11.9 Å². The molecular formula is C17H17IN2O. The van der Waals surface area contributed by atoms with E-state index in [1.165, 1.54) is 9.13 Å². The van der Waals surface area contributed by atoms with Gasteiger partial charge in [-0.3, -0.25) is 4.79 Å². The van der Waals surface area contributed by atoms with Crippen molar-refractivity contribution in [1.29, 1.82) is 0 Å². The van der Waals surface area contributed by atoms with Crippen LogP contribution < -0.4 is 10.6 Å². The van der Waals surface area contributed by atoms with E-state index < -0.39 is 0 Å². The predicted octanol–water partition coefficient (Wildman–Crippen LogP) is 3.25. The van der Waals surface area contributed by atoms with Gasteiger partial charge in [0.15, 0.2) is 0 Å². The number of carbonyl (C=O) groups excluding carboxylic acids is 1. The first-order valence-corrected chi connectivity index (χ1v) is 8.04. The van der Waals surface area contributed by atoms with E-state index in [0.717, 1.165) is 23.2 Å². The molecule has 0 saturated heterocycles. The Morgan fingerprint density at radius 2 is 1.90 bits per heavy atom. The molecule has 4 heteroatoms. The number of hydrogen-bond donors (Lipinski definition) is 1. The molecule has 1 aliphatic rings. The zero-order valence-electron chi connectivity index (χ0n) is 11.8. The number of amides is 1. The van der Waals surface area contributed by atoms with Crippen LogP contribution in [0.2, 0.25) is 0 Å². The van der Waals surface area contributed by atoms with Gasteiger partial charge in [-0.15, -0.1) is 0 Å². The number of rotatable bonds is 2. The van der Waals surface area contributed by atoms with Crippen molar-refractivity contribution >= 4 is 34.2 Å². The van der Waals surface area contributed by atoms with Crippen LogP contribution in [0.5, 0.6) is 0 Å². The zero-order valence-corrected chi connectivity index (χ0v) is 14.0. The second-order valence-electron chi connectivity index (χ2n) is 5.37. The highest BCUT2D eigenvalue weighted by molar-refractivity contribution is 14.1. The van der Waals surface area contributed by atoms with Crippen LogP contribution >= 0.6 is 22.6 Å². The minimum absolute atomic E-state index is 0.132. The number of halogens is 1. The molecule has 2 aromatic carbocycles. The SMILES string of the molecule is CN1C(=O)CCc2cc(C(N)c3cccc(I)c3)ccc21. The van der Waals surface area contributed by atoms with E-state index in [1.54, 1.807) is 4.90 Å². The summed E-state index contributed by atoms with van der Waals surface area (Å²) in [6.07, 6.45) is 1.37. The summed E-state index contributed by atoms with van der Waals surface area (Å²) in [7, 11) is 1.83. The van der Waals surface area contributed by atoms with Crippen LogP contribution in [0.4, 0.5) is 5.69 Å². The highest BCUT2D eigenvalue weighted by Gasteiger charge is 2.21. The molecule has 3 nitrogen and oxygen atoms in total. The minimum atomic E-state index is -0.132. The Hall–Kier alpha value is -1.40. The van der Waals surface area contributed by atoms with Crippen LogP contribution in [0.1, 0.15) is 29.2 Å². The lowest BCUT2D eigenvalue weighted by Crippen LogP contribution is -2.31.